The third-order valence-electron chi connectivity index (χ3n) is 5.08. The van der Waals surface area contributed by atoms with Gasteiger partial charge in [0.25, 0.3) is 0 Å². The van der Waals surface area contributed by atoms with Gasteiger partial charge in [-0.2, -0.15) is 5.26 Å². The van der Waals surface area contributed by atoms with Gasteiger partial charge in [-0.05, 0) is 50.2 Å². The van der Waals surface area contributed by atoms with E-state index >= 15 is 0 Å². The van der Waals surface area contributed by atoms with Gasteiger partial charge < -0.3 is 4.74 Å². The summed E-state index contributed by atoms with van der Waals surface area (Å²) in [6, 6.07) is 11.3. The first-order valence-electron chi connectivity index (χ1n) is 10.2. The summed E-state index contributed by atoms with van der Waals surface area (Å²) in [4.78, 5) is 0. The van der Waals surface area contributed by atoms with Gasteiger partial charge in [0.1, 0.15) is 17.4 Å². The van der Waals surface area contributed by atoms with Crippen molar-refractivity contribution in [3.8, 4) is 28.7 Å². The highest BCUT2D eigenvalue weighted by atomic mass is 32.2. The van der Waals surface area contributed by atoms with E-state index in [1.54, 1.807) is 29.7 Å². The summed E-state index contributed by atoms with van der Waals surface area (Å²) in [6.07, 6.45) is 1.77. The topological polar surface area (TPSA) is 109 Å². The van der Waals surface area contributed by atoms with Crippen molar-refractivity contribution in [2.75, 3.05) is 10.5 Å². The lowest BCUT2D eigenvalue weighted by atomic mass is 10.0. The van der Waals surface area contributed by atoms with Crippen molar-refractivity contribution in [2.24, 2.45) is 0 Å². The number of pyridine rings is 1. The second-order valence-corrected chi connectivity index (χ2v) is 9.43. The fourth-order valence-electron chi connectivity index (χ4n) is 3.37. The third kappa shape index (κ3) is 4.67. The van der Waals surface area contributed by atoms with Crippen LogP contribution in [0.1, 0.15) is 18.3 Å². The molecule has 2 heterocycles. The van der Waals surface area contributed by atoms with Crippen molar-refractivity contribution in [1.82, 2.24) is 14.6 Å². The van der Waals surface area contributed by atoms with Gasteiger partial charge in [-0.1, -0.05) is 0 Å². The molecule has 0 aliphatic carbocycles. The Morgan fingerprint density at radius 3 is 2.59 bits per heavy atom. The average Bonchev–Trinajstić information content (AvgIpc) is 3.17. The van der Waals surface area contributed by atoms with Gasteiger partial charge in [0, 0.05) is 34.6 Å². The van der Waals surface area contributed by atoms with Crippen LogP contribution in [0.4, 0.5) is 14.5 Å². The van der Waals surface area contributed by atoms with Gasteiger partial charge in [-0.25, -0.2) is 17.2 Å². The number of nitrogens with one attached hydrogen (secondary N) is 1. The molecule has 0 fully saturated rings. The zero-order chi connectivity index (χ0) is 24.5. The molecule has 1 N–H and O–H groups in total. The van der Waals surface area contributed by atoms with Crippen molar-refractivity contribution in [2.45, 2.75) is 20.3 Å². The highest BCUT2D eigenvalue weighted by Crippen LogP contribution is 2.37. The van der Waals surface area contributed by atoms with Crippen LogP contribution in [-0.4, -0.2) is 28.8 Å². The van der Waals surface area contributed by atoms with Gasteiger partial charge in [-0.3, -0.25) is 9.12 Å². The summed E-state index contributed by atoms with van der Waals surface area (Å²) in [5.74, 6) is -1.20. The minimum atomic E-state index is -3.56. The first-order valence-corrected chi connectivity index (χ1v) is 11.8. The molecule has 0 unspecified atom stereocenters. The number of fused-ring (bicyclic) bond motifs is 1. The number of benzene rings is 2. The minimum Gasteiger partial charge on any atom is -0.454 e. The number of hydrogen-bond donors (Lipinski definition) is 1. The Morgan fingerprint density at radius 1 is 1.12 bits per heavy atom. The second-order valence-electron chi connectivity index (χ2n) is 7.42. The van der Waals surface area contributed by atoms with Crippen LogP contribution >= 0.6 is 0 Å². The fourth-order valence-corrected chi connectivity index (χ4v) is 4.00. The van der Waals surface area contributed by atoms with Crippen molar-refractivity contribution in [1.29, 1.82) is 5.26 Å². The molecule has 4 rings (SSSR count). The Morgan fingerprint density at radius 2 is 1.88 bits per heavy atom. The lowest BCUT2D eigenvalue weighted by Gasteiger charge is -2.16. The normalized spacial score (nSPS) is 11.4. The van der Waals surface area contributed by atoms with E-state index in [1.807, 2.05) is 0 Å². The summed E-state index contributed by atoms with van der Waals surface area (Å²) in [6.45, 7) is 3.26. The molecule has 0 radical (unpaired) electrons. The van der Waals surface area contributed by atoms with Crippen LogP contribution in [0.15, 0.2) is 48.7 Å². The molecule has 0 bridgehead atoms. The summed E-state index contributed by atoms with van der Waals surface area (Å²) in [5.41, 5.74) is 2.34. The van der Waals surface area contributed by atoms with E-state index in [-0.39, 0.29) is 29.4 Å². The van der Waals surface area contributed by atoms with Crippen LogP contribution < -0.4 is 9.46 Å². The molecule has 0 saturated carbocycles. The molecule has 0 aliphatic heterocycles. The van der Waals surface area contributed by atoms with Crippen molar-refractivity contribution >= 4 is 21.4 Å². The highest BCUT2D eigenvalue weighted by Gasteiger charge is 2.17. The Balaban J connectivity index is 1.91. The maximum Gasteiger partial charge on any atom is 0.232 e. The Bertz CT molecular complexity index is 1540. The smallest absolute Gasteiger partial charge is 0.232 e. The molecule has 2 aromatic heterocycles. The van der Waals surface area contributed by atoms with E-state index in [0.29, 0.717) is 34.2 Å². The van der Waals surface area contributed by atoms with Gasteiger partial charge in [0.15, 0.2) is 17.2 Å². The Kier molecular flexibility index (Phi) is 6.17. The number of ether oxygens (including phenoxy) is 1. The van der Waals surface area contributed by atoms with Crippen LogP contribution in [0, 0.1) is 29.9 Å². The molecular formula is C23H19F2N5O3S. The van der Waals surface area contributed by atoms with Crippen molar-refractivity contribution in [3.05, 3.63) is 71.7 Å². The zero-order valence-corrected chi connectivity index (χ0v) is 19.0. The molecule has 8 nitrogen and oxygen atoms in total. The van der Waals surface area contributed by atoms with Gasteiger partial charge in [0.2, 0.25) is 10.0 Å². The van der Waals surface area contributed by atoms with Gasteiger partial charge >= 0.3 is 0 Å². The van der Waals surface area contributed by atoms with E-state index in [9.17, 15) is 22.5 Å². The molecule has 0 atom stereocenters. The van der Waals surface area contributed by atoms with Crippen LogP contribution in [-0.2, 0) is 16.4 Å². The molecular weight excluding hydrogens is 464 g/mol. The number of hydrogen-bond acceptors (Lipinski definition) is 6. The molecule has 0 aliphatic rings. The third-order valence-corrected chi connectivity index (χ3v) is 6.39. The number of anilines is 1. The van der Waals surface area contributed by atoms with Crippen LogP contribution in [0.2, 0.25) is 0 Å². The van der Waals surface area contributed by atoms with Crippen LogP contribution in [0.5, 0.6) is 11.5 Å². The number of aromatic nitrogens is 3. The molecule has 0 amide bonds. The molecule has 2 aromatic carbocycles. The number of sulfonamides is 1. The number of nitriles is 1. The zero-order valence-electron chi connectivity index (χ0n) is 18.2. The van der Waals surface area contributed by atoms with Crippen molar-refractivity contribution in [3.63, 3.8) is 0 Å². The summed E-state index contributed by atoms with van der Waals surface area (Å²) in [7, 11) is -3.56. The summed E-state index contributed by atoms with van der Waals surface area (Å²) < 4.78 is 61.8. The molecule has 34 heavy (non-hydrogen) atoms. The first kappa shape index (κ1) is 23.1. The highest BCUT2D eigenvalue weighted by molar-refractivity contribution is 7.92. The number of nitrogens with zero attached hydrogens (tertiary/aromatic N) is 4. The average molecular weight is 484 g/mol. The predicted octanol–water partition coefficient (Wildman–Crippen LogP) is 4.60. The van der Waals surface area contributed by atoms with Crippen molar-refractivity contribution < 1.29 is 21.9 Å². The number of rotatable bonds is 7. The van der Waals surface area contributed by atoms with Crippen LogP contribution in [0.25, 0.3) is 16.8 Å². The van der Waals surface area contributed by atoms with E-state index in [0.717, 1.165) is 12.1 Å². The fraction of sp³-hybridized carbons (Fsp3) is 0.174. The SMILES string of the molecule is CCS(=O)(=O)Nc1ccc(Oc2ccc(F)cc2F)c(-c2cc(CC#N)c3nnc(C)n3c2)c1. The number of aryl methyl sites for hydroxylation is 1. The first-order chi connectivity index (χ1) is 16.2. The van der Waals surface area contributed by atoms with E-state index < -0.39 is 21.7 Å². The second kappa shape index (κ2) is 9.07. The molecule has 4 aromatic rings. The van der Waals surface area contributed by atoms with E-state index in [4.69, 9.17) is 4.74 Å². The maximum atomic E-state index is 14.3. The Labute approximate surface area is 194 Å². The maximum absolute atomic E-state index is 14.3. The van der Waals surface area contributed by atoms with Crippen LogP contribution in [0.3, 0.4) is 0 Å². The van der Waals surface area contributed by atoms with E-state index in [2.05, 4.69) is 21.0 Å². The molecule has 0 spiro atoms. The van der Waals surface area contributed by atoms with Gasteiger partial charge in [-0.15, -0.1) is 10.2 Å². The molecule has 0 saturated heterocycles. The van der Waals surface area contributed by atoms with E-state index in [1.165, 1.54) is 19.1 Å². The standard InChI is InChI=1S/C23H19F2N5O3S/c1-3-34(31,32)29-18-5-7-21(33-22-6-4-17(24)11-20(22)25)19(12-18)16-10-15(8-9-26)23-28-27-14(2)30(23)13-16/h4-7,10-13,29H,3,8H2,1-2H3. The van der Waals surface area contributed by atoms with Gasteiger partial charge in [0.05, 0.1) is 18.2 Å². The molecule has 11 heteroatoms. The monoisotopic (exact) mass is 483 g/mol. The molecule has 174 valence electrons. The largest absolute Gasteiger partial charge is 0.454 e. The summed E-state index contributed by atoms with van der Waals surface area (Å²) in [5, 5.41) is 17.4. The predicted molar refractivity (Wildman–Crippen MR) is 122 cm³/mol. The summed E-state index contributed by atoms with van der Waals surface area (Å²) >= 11 is 0. The number of halogens is 2. The quantitative estimate of drug-likeness (QED) is 0.411. The Hall–Kier alpha value is -4.04. The lowest BCUT2D eigenvalue weighted by molar-refractivity contribution is 0.439. The lowest BCUT2D eigenvalue weighted by Crippen LogP contribution is -2.14. The minimum absolute atomic E-state index is 0.0560.